The minimum atomic E-state index is -0.397. The molecule has 0 saturated carbocycles. The molecule has 1 aromatic heterocycles. The fraction of sp³-hybridized carbons (Fsp3) is 0.167. The van der Waals surface area contributed by atoms with E-state index in [9.17, 15) is 9.59 Å². The zero-order valence-corrected chi connectivity index (χ0v) is 17.8. The molecule has 1 fully saturated rings. The molecule has 5 nitrogen and oxygen atoms in total. The number of likely N-dealkylation sites (N-methyl/N-ethyl adjacent to an activating group) is 1. The summed E-state index contributed by atoms with van der Waals surface area (Å²) in [7, 11) is 1.48. The SMILES string of the molecule is CN1C(=O)N/C(=C/c2cc3c(s2)N(c2ccccc2)c2ccccc2C3(C)C)C1=O. The molecule has 0 atom stereocenters. The summed E-state index contributed by atoms with van der Waals surface area (Å²) in [6.45, 7) is 4.46. The predicted molar refractivity (Wildman–Crippen MR) is 120 cm³/mol. The maximum atomic E-state index is 12.3. The van der Waals surface area contributed by atoms with Crippen LogP contribution in [0, 0.1) is 0 Å². The van der Waals surface area contributed by atoms with Gasteiger partial charge in [-0.05, 0) is 41.5 Å². The maximum Gasteiger partial charge on any atom is 0.328 e. The van der Waals surface area contributed by atoms with E-state index in [1.807, 2.05) is 18.2 Å². The monoisotopic (exact) mass is 415 g/mol. The molecule has 6 heteroatoms. The second-order valence-electron chi connectivity index (χ2n) is 8.03. The lowest BCUT2D eigenvalue weighted by molar-refractivity contribution is -0.121. The van der Waals surface area contributed by atoms with Crippen molar-refractivity contribution in [1.29, 1.82) is 0 Å². The minimum Gasteiger partial charge on any atom is -0.303 e. The molecular formula is C24H21N3O2S. The number of nitrogens with one attached hydrogen (secondary N) is 1. The molecule has 1 N–H and O–H groups in total. The number of benzene rings is 2. The summed E-state index contributed by atoms with van der Waals surface area (Å²) in [5.74, 6) is -0.311. The van der Waals surface area contributed by atoms with Crippen molar-refractivity contribution in [2.45, 2.75) is 19.3 Å². The van der Waals surface area contributed by atoms with Crippen LogP contribution in [-0.2, 0) is 10.2 Å². The molecule has 30 heavy (non-hydrogen) atoms. The van der Waals surface area contributed by atoms with Gasteiger partial charge in [-0.25, -0.2) is 4.79 Å². The molecule has 3 aromatic rings. The third-order valence-electron chi connectivity index (χ3n) is 5.81. The van der Waals surface area contributed by atoms with E-state index >= 15 is 0 Å². The second-order valence-corrected chi connectivity index (χ2v) is 9.10. The van der Waals surface area contributed by atoms with E-state index in [1.165, 1.54) is 18.2 Å². The number of thiophene rings is 1. The molecule has 2 aliphatic rings. The highest BCUT2D eigenvalue weighted by atomic mass is 32.1. The van der Waals surface area contributed by atoms with Gasteiger partial charge in [0.05, 0.1) is 5.69 Å². The molecule has 3 heterocycles. The van der Waals surface area contributed by atoms with E-state index in [1.54, 1.807) is 17.4 Å². The zero-order chi connectivity index (χ0) is 21.0. The predicted octanol–water partition coefficient (Wildman–Crippen LogP) is 5.38. The lowest BCUT2D eigenvalue weighted by atomic mass is 9.75. The molecule has 0 spiro atoms. The van der Waals surface area contributed by atoms with Crippen LogP contribution in [-0.4, -0.2) is 23.9 Å². The van der Waals surface area contributed by atoms with Crippen LogP contribution < -0.4 is 10.2 Å². The number of amides is 3. The maximum absolute atomic E-state index is 12.3. The molecule has 2 aliphatic heterocycles. The van der Waals surface area contributed by atoms with Crippen molar-refractivity contribution in [3.05, 3.63) is 82.4 Å². The second kappa shape index (κ2) is 6.57. The Morgan fingerprint density at radius 3 is 2.37 bits per heavy atom. The van der Waals surface area contributed by atoms with E-state index in [4.69, 9.17) is 0 Å². The Morgan fingerprint density at radius 2 is 1.67 bits per heavy atom. The minimum absolute atomic E-state index is 0.190. The summed E-state index contributed by atoms with van der Waals surface area (Å²) in [6.07, 6.45) is 1.77. The summed E-state index contributed by atoms with van der Waals surface area (Å²) in [6, 6.07) is 20.5. The molecule has 3 amide bonds. The van der Waals surface area contributed by atoms with Gasteiger partial charge in [0.2, 0.25) is 0 Å². The summed E-state index contributed by atoms with van der Waals surface area (Å²) < 4.78 is 0. The third kappa shape index (κ3) is 2.68. The quantitative estimate of drug-likeness (QED) is 0.452. The van der Waals surface area contributed by atoms with E-state index in [-0.39, 0.29) is 11.3 Å². The van der Waals surface area contributed by atoms with Crippen LogP contribution in [0.25, 0.3) is 6.08 Å². The van der Waals surface area contributed by atoms with Gasteiger partial charge >= 0.3 is 6.03 Å². The number of carbonyl (C=O) groups excluding carboxylic acids is 2. The topological polar surface area (TPSA) is 52.7 Å². The van der Waals surface area contributed by atoms with Gasteiger partial charge in [-0.15, -0.1) is 11.3 Å². The van der Waals surface area contributed by atoms with Gasteiger partial charge in [-0.2, -0.15) is 0 Å². The number of hydrogen-bond donors (Lipinski definition) is 1. The first kappa shape index (κ1) is 18.6. The van der Waals surface area contributed by atoms with Crippen molar-refractivity contribution in [3.8, 4) is 0 Å². The number of anilines is 3. The highest BCUT2D eigenvalue weighted by Crippen LogP contribution is 2.55. The lowest BCUT2D eigenvalue weighted by Gasteiger charge is -2.39. The van der Waals surface area contributed by atoms with Crippen molar-refractivity contribution in [3.63, 3.8) is 0 Å². The van der Waals surface area contributed by atoms with Crippen LogP contribution in [0.3, 0.4) is 0 Å². The molecular weight excluding hydrogens is 394 g/mol. The van der Waals surface area contributed by atoms with Crippen LogP contribution in [0.1, 0.15) is 29.9 Å². The zero-order valence-electron chi connectivity index (χ0n) is 17.0. The standard InChI is InChI=1S/C24H21N3O2S/c1-24(2)17-11-7-8-12-20(17)27(15-9-5-4-6-10-15)22-18(24)13-16(30-22)14-19-21(28)26(3)23(29)25-19/h4-14H,1-3H3,(H,25,29)/b19-14+. The number of fused-ring (bicyclic) bond motifs is 2. The van der Waals surface area contributed by atoms with E-state index < -0.39 is 6.03 Å². The van der Waals surface area contributed by atoms with Gasteiger partial charge in [-0.3, -0.25) is 9.69 Å². The number of imide groups is 1. The lowest BCUT2D eigenvalue weighted by Crippen LogP contribution is -2.29. The molecule has 1 saturated heterocycles. The van der Waals surface area contributed by atoms with Crippen LogP contribution in [0.2, 0.25) is 0 Å². The Balaban J connectivity index is 1.69. The first-order valence-electron chi connectivity index (χ1n) is 9.77. The molecule has 0 radical (unpaired) electrons. The van der Waals surface area contributed by atoms with Crippen molar-refractivity contribution >= 4 is 45.7 Å². The normalized spacial score (nSPS) is 18.4. The van der Waals surface area contributed by atoms with E-state index in [0.29, 0.717) is 5.70 Å². The number of hydrogen-bond acceptors (Lipinski definition) is 4. The summed E-state index contributed by atoms with van der Waals surface area (Å²) in [4.78, 5) is 28.4. The van der Waals surface area contributed by atoms with Gasteiger partial charge in [0.15, 0.2) is 0 Å². The smallest absolute Gasteiger partial charge is 0.303 e. The van der Waals surface area contributed by atoms with Gasteiger partial charge in [0, 0.05) is 23.0 Å². The Kier molecular flexibility index (Phi) is 4.08. The first-order valence-corrected chi connectivity index (χ1v) is 10.6. The van der Waals surface area contributed by atoms with Gasteiger partial charge < -0.3 is 10.2 Å². The van der Waals surface area contributed by atoms with Crippen LogP contribution in [0.5, 0.6) is 0 Å². The molecule has 150 valence electrons. The van der Waals surface area contributed by atoms with Crippen LogP contribution >= 0.6 is 11.3 Å². The van der Waals surface area contributed by atoms with Crippen molar-refractivity contribution in [2.75, 3.05) is 11.9 Å². The molecule has 2 aromatic carbocycles. The Morgan fingerprint density at radius 1 is 0.967 bits per heavy atom. The fourth-order valence-corrected chi connectivity index (χ4v) is 5.43. The summed E-state index contributed by atoms with van der Waals surface area (Å²) in [5.41, 5.74) is 4.82. The average molecular weight is 416 g/mol. The largest absolute Gasteiger partial charge is 0.328 e. The highest BCUT2D eigenvalue weighted by molar-refractivity contribution is 7.17. The van der Waals surface area contributed by atoms with Crippen molar-refractivity contribution in [2.24, 2.45) is 0 Å². The fourth-order valence-electron chi connectivity index (χ4n) is 4.14. The number of para-hydroxylation sites is 2. The molecule has 0 unspecified atom stereocenters. The number of rotatable bonds is 2. The molecule has 0 bridgehead atoms. The molecule has 0 aliphatic carbocycles. The summed E-state index contributed by atoms with van der Waals surface area (Å²) in [5, 5.41) is 3.78. The molecule has 5 rings (SSSR count). The van der Waals surface area contributed by atoms with Crippen LogP contribution in [0.4, 0.5) is 21.2 Å². The highest BCUT2D eigenvalue weighted by Gasteiger charge is 2.38. The number of urea groups is 1. The first-order chi connectivity index (χ1) is 14.4. The van der Waals surface area contributed by atoms with Gasteiger partial charge in [0.1, 0.15) is 10.7 Å². The van der Waals surface area contributed by atoms with Gasteiger partial charge in [-0.1, -0.05) is 50.2 Å². The Labute approximate surface area is 179 Å². The van der Waals surface area contributed by atoms with Gasteiger partial charge in [0.25, 0.3) is 5.91 Å². The summed E-state index contributed by atoms with van der Waals surface area (Å²) >= 11 is 1.62. The number of carbonyl (C=O) groups is 2. The van der Waals surface area contributed by atoms with Crippen molar-refractivity contribution in [1.82, 2.24) is 10.2 Å². The Hall–Kier alpha value is -3.38. The van der Waals surface area contributed by atoms with Crippen molar-refractivity contribution < 1.29 is 9.59 Å². The third-order valence-corrected chi connectivity index (χ3v) is 6.88. The van der Waals surface area contributed by atoms with E-state index in [2.05, 4.69) is 66.5 Å². The van der Waals surface area contributed by atoms with Crippen LogP contribution in [0.15, 0.2) is 66.4 Å². The Bertz CT molecular complexity index is 1210. The average Bonchev–Trinajstić information content (AvgIpc) is 3.27. The van der Waals surface area contributed by atoms with E-state index in [0.717, 1.165) is 26.2 Å². The number of nitrogens with zero attached hydrogens (tertiary/aromatic N) is 2.